The molecule has 0 aliphatic carbocycles. The van der Waals surface area contributed by atoms with Crippen LogP contribution in [0.5, 0.6) is 0 Å². The molecule has 3 aromatic rings. The standard InChI is InChI=1S/C20H24N8O2/c1-26(2)19-23-17(24-20(25-19)27-9-11-30-12-10-27)14-21-18(29)15-5-3-6-16(13-15)28-8-4-7-22-28/h3-8,13H,9-12,14H2,1-2H3,(H,21,29). The van der Waals surface area contributed by atoms with Crippen LogP contribution in [0.1, 0.15) is 16.2 Å². The van der Waals surface area contributed by atoms with Gasteiger partial charge in [-0.05, 0) is 24.3 Å². The summed E-state index contributed by atoms with van der Waals surface area (Å²) in [5.74, 6) is 1.45. The Bertz CT molecular complexity index is 1000. The van der Waals surface area contributed by atoms with Crippen molar-refractivity contribution < 1.29 is 9.53 Å². The van der Waals surface area contributed by atoms with Crippen molar-refractivity contribution in [2.45, 2.75) is 6.54 Å². The summed E-state index contributed by atoms with van der Waals surface area (Å²) in [4.78, 5) is 30.1. The van der Waals surface area contributed by atoms with E-state index in [1.165, 1.54) is 0 Å². The largest absolute Gasteiger partial charge is 0.378 e. The SMILES string of the molecule is CN(C)c1nc(CNC(=O)c2cccc(-n3cccn3)c2)nc(N2CCOCC2)n1. The van der Waals surface area contributed by atoms with E-state index in [0.29, 0.717) is 36.5 Å². The second kappa shape index (κ2) is 8.87. The zero-order valence-electron chi connectivity index (χ0n) is 17.0. The number of benzene rings is 1. The number of carbonyl (C=O) groups excluding carboxylic acids is 1. The van der Waals surface area contributed by atoms with Gasteiger partial charge in [-0.25, -0.2) is 4.68 Å². The fourth-order valence-corrected chi connectivity index (χ4v) is 3.05. The van der Waals surface area contributed by atoms with Crippen LogP contribution in [0.2, 0.25) is 0 Å². The number of nitrogens with zero attached hydrogens (tertiary/aromatic N) is 7. The molecule has 1 aliphatic heterocycles. The van der Waals surface area contributed by atoms with Gasteiger partial charge in [0.15, 0.2) is 5.82 Å². The van der Waals surface area contributed by atoms with Crippen molar-refractivity contribution in [1.82, 2.24) is 30.0 Å². The normalized spacial score (nSPS) is 13.9. The molecule has 10 heteroatoms. The summed E-state index contributed by atoms with van der Waals surface area (Å²) in [6, 6.07) is 9.12. The van der Waals surface area contributed by atoms with Gasteiger partial charge in [-0.2, -0.15) is 20.1 Å². The number of hydrogen-bond acceptors (Lipinski definition) is 8. The van der Waals surface area contributed by atoms with Crippen molar-refractivity contribution >= 4 is 17.8 Å². The van der Waals surface area contributed by atoms with Crippen molar-refractivity contribution in [1.29, 1.82) is 0 Å². The average molecular weight is 408 g/mol. The lowest BCUT2D eigenvalue weighted by atomic mass is 10.2. The Kier molecular flexibility index (Phi) is 5.84. The Morgan fingerprint density at radius 2 is 2.00 bits per heavy atom. The molecular formula is C20H24N8O2. The number of nitrogens with one attached hydrogen (secondary N) is 1. The van der Waals surface area contributed by atoms with Gasteiger partial charge < -0.3 is 19.9 Å². The first-order chi connectivity index (χ1) is 14.6. The minimum absolute atomic E-state index is 0.200. The molecule has 10 nitrogen and oxygen atoms in total. The van der Waals surface area contributed by atoms with Gasteiger partial charge in [-0.15, -0.1) is 0 Å². The predicted octanol–water partition coefficient (Wildman–Crippen LogP) is 0.890. The number of morpholine rings is 1. The minimum Gasteiger partial charge on any atom is -0.378 e. The van der Waals surface area contributed by atoms with Crippen LogP contribution in [0.25, 0.3) is 5.69 Å². The molecule has 0 saturated carbocycles. The van der Waals surface area contributed by atoms with E-state index in [0.717, 1.165) is 18.8 Å². The Morgan fingerprint density at radius 1 is 1.17 bits per heavy atom. The zero-order valence-corrected chi connectivity index (χ0v) is 17.0. The lowest BCUT2D eigenvalue weighted by molar-refractivity contribution is 0.0950. The first-order valence-corrected chi connectivity index (χ1v) is 9.73. The first-order valence-electron chi connectivity index (χ1n) is 9.73. The molecule has 0 spiro atoms. The highest BCUT2D eigenvalue weighted by molar-refractivity contribution is 5.94. The molecule has 1 saturated heterocycles. The molecule has 1 N–H and O–H groups in total. The molecule has 0 radical (unpaired) electrons. The summed E-state index contributed by atoms with van der Waals surface area (Å²) in [6.07, 6.45) is 3.53. The summed E-state index contributed by atoms with van der Waals surface area (Å²) in [5.41, 5.74) is 1.36. The Labute approximate surface area is 174 Å². The lowest BCUT2D eigenvalue weighted by Gasteiger charge is -2.27. The van der Waals surface area contributed by atoms with Gasteiger partial charge in [-0.1, -0.05) is 6.07 Å². The Balaban J connectivity index is 1.49. The minimum atomic E-state index is -0.205. The molecule has 0 unspecified atom stereocenters. The third-order valence-electron chi connectivity index (χ3n) is 4.64. The van der Waals surface area contributed by atoms with Crippen LogP contribution in [0.15, 0.2) is 42.7 Å². The van der Waals surface area contributed by atoms with Crippen LogP contribution >= 0.6 is 0 Å². The molecule has 1 aliphatic rings. The topological polar surface area (TPSA) is 101 Å². The maximum Gasteiger partial charge on any atom is 0.251 e. The quantitative estimate of drug-likeness (QED) is 0.642. The predicted molar refractivity (Wildman–Crippen MR) is 112 cm³/mol. The van der Waals surface area contributed by atoms with Crippen LogP contribution in [0.3, 0.4) is 0 Å². The van der Waals surface area contributed by atoms with Crippen molar-refractivity contribution in [2.75, 3.05) is 50.2 Å². The van der Waals surface area contributed by atoms with Crippen molar-refractivity contribution in [3.63, 3.8) is 0 Å². The number of aromatic nitrogens is 5. The highest BCUT2D eigenvalue weighted by Gasteiger charge is 2.18. The van der Waals surface area contributed by atoms with E-state index in [1.54, 1.807) is 23.0 Å². The zero-order chi connectivity index (χ0) is 20.9. The molecule has 1 amide bonds. The monoisotopic (exact) mass is 408 g/mol. The summed E-state index contributed by atoms with van der Waals surface area (Å²) < 4.78 is 7.12. The Hall–Kier alpha value is -3.53. The van der Waals surface area contributed by atoms with Crippen LogP contribution < -0.4 is 15.1 Å². The molecule has 30 heavy (non-hydrogen) atoms. The van der Waals surface area contributed by atoms with Crippen molar-refractivity contribution in [2.24, 2.45) is 0 Å². The van der Waals surface area contributed by atoms with E-state index in [-0.39, 0.29) is 12.5 Å². The average Bonchev–Trinajstić information content (AvgIpc) is 3.33. The van der Waals surface area contributed by atoms with Crippen LogP contribution in [-0.4, -0.2) is 71.0 Å². The van der Waals surface area contributed by atoms with E-state index < -0.39 is 0 Å². The van der Waals surface area contributed by atoms with Crippen LogP contribution in [0.4, 0.5) is 11.9 Å². The third-order valence-corrected chi connectivity index (χ3v) is 4.64. The van der Waals surface area contributed by atoms with Crippen molar-refractivity contribution in [3.05, 3.63) is 54.1 Å². The number of anilines is 2. The van der Waals surface area contributed by atoms with E-state index in [1.807, 2.05) is 43.4 Å². The van der Waals surface area contributed by atoms with Gasteiger partial charge in [-0.3, -0.25) is 4.79 Å². The summed E-state index contributed by atoms with van der Waals surface area (Å²) in [7, 11) is 3.75. The fraction of sp³-hybridized carbons (Fsp3) is 0.350. The molecule has 156 valence electrons. The number of ether oxygens (including phenoxy) is 1. The second-order valence-electron chi connectivity index (χ2n) is 7.03. The second-order valence-corrected chi connectivity index (χ2v) is 7.03. The van der Waals surface area contributed by atoms with Gasteiger partial charge in [0, 0.05) is 45.1 Å². The molecule has 4 rings (SSSR count). The van der Waals surface area contributed by atoms with Crippen LogP contribution in [0, 0.1) is 0 Å². The summed E-state index contributed by atoms with van der Waals surface area (Å²) in [5, 5.41) is 7.10. The highest BCUT2D eigenvalue weighted by Crippen LogP contribution is 2.15. The number of hydrogen-bond donors (Lipinski definition) is 1. The van der Waals surface area contributed by atoms with Gasteiger partial charge in [0.05, 0.1) is 25.4 Å². The summed E-state index contributed by atoms with van der Waals surface area (Å²) in [6.45, 7) is 2.93. The fourth-order valence-electron chi connectivity index (χ4n) is 3.05. The molecule has 1 fully saturated rings. The van der Waals surface area contributed by atoms with Gasteiger partial charge >= 0.3 is 0 Å². The highest BCUT2D eigenvalue weighted by atomic mass is 16.5. The molecule has 3 heterocycles. The van der Waals surface area contributed by atoms with Gasteiger partial charge in [0.2, 0.25) is 11.9 Å². The lowest BCUT2D eigenvalue weighted by Crippen LogP contribution is -2.38. The third kappa shape index (κ3) is 4.54. The maximum atomic E-state index is 12.7. The summed E-state index contributed by atoms with van der Waals surface area (Å²) >= 11 is 0. The first kappa shape index (κ1) is 19.8. The molecule has 1 aromatic carbocycles. The molecule has 0 atom stereocenters. The van der Waals surface area contributed by atoms with E-state index in [4.69, 9.17) is 4.74 Å². The number of carbonyl (C=O) groups is 1. The van der Waals surface area contributed by atoms with Crippen LogP contribution in [-0.2, 0) is 11.3 Å². The van der Waals surface area contributed by atoms with E-state index >= 15 is 0 Å². The number of amides is 1. The molecule has 2 aromatic heterocycles. The smallest absolute Gasteiger partial charge is 0.251 e. The Morgan fingerprint density at radius 3 is 2.73 bits per heavy atom. The van der Waals surface area contributed by atoms with E-state index in [9.17, 15) is 4.79 Å². The molecular weight excluding hydrogens is 384 g/mol. The van der Waals surface area contributed by atoms with Gasteiger partial charge in [0.1, 0.15) is 0 Å². The van der Waals surface area contributed by atoms with E-state index in [2.05, 4.69) is 30.3 Å². The number of rotatable bonds is 6. The maximum absolute atomic E-state index is 12.7. The van der Waals surface area contributed by atoms with Gasteiger partial charge in [0.25, 0.3) is 5.91 Å². The van der Waals surface area contributed by atoms with Crippen molar-refractivity contribution in [3.8, 4) is 5.69 Å². The molecule has 0 bridgehead atoms.